The first kappa shape index (κ1) is 17.1. The molecule has 1 aliphatic rings. The van der Waals surface area contributed by atoms with Crippen LogP contribution in [-0.4, -0.2) is 29.4 Å². The van der Waals surface area contributed by atoms with Crippen LogP contribution in [0.4, 0.5) is 0 Å². The molecule has 2 aromatic carbocycles. The number of carbonyl (C=O) groups is 1. The number of ether oxygens (including phenoxy) is 1. The van der Waals surface area contributed by atoms with Crippen molar-refractivity contribution in [3.05, 3.63) is 87.7 Å². The van der Waals surface area contributed by atoms with Gasteiger partial charge in [0.1, 0.15) is 5.75 Å². The molecule has 5 heteroatoms. The Morgan fingerprint density at radius 3 is 2.68 bits per heavy atom. The number of nitrogens with zero attached hydrogens (tertiary/aromatic N) is 1. The highest BCUT2D eigenvalue weighted by atomic mass is 32.1. The molecule has 0 unspecified atom stereocenters. The molecule has 0 aliphatic carbocycles. The fraction of sp³-hybridized carbons (Fsp3) is 0.174. The molecule has 0 bridgehead atoms. The maximum absolute atomic E-state index is 13.3. The molecule has 1 N–H and O–H groups in total. The quantitative estimate of drug-likeness (QED) is 0.535. The van der Waals surface area contributed by atoms with Crippen LogP contribution in [0, 0.1) is 0 Å². The molecule has 0 saturated heterocycles. The fourth-order valence-electron chi connectivity index (χ4n) is 4.13. The Balaban J connectivity index is 1.66. The van der Waals surface area contributed by atoms with Gasteiger partial charge in [0.05, 0.1) is 18.0 Å². The summed E-state index contributed by atoms with van der Waals surface area (Å²) in [6.45, 7) is 0.697. The van der Waals surface area contributed by atoms with E-state index in [0.29, 0.717) is 6.54 Å². The summed E-state index contributed by atoms with van der Waals surface area (Å²) in [5.41, 5.74) is 4.63. The molecule has 2 aromatic heterocycles. The normalized spacial score (nSPS) is 16.2. The van der Waals surface area contributed by atoms with Crippen molar-refractivity contribution in [2.24, 2.45) is 0 Å². The van der Waals surface area contributed by atoms with Gasteiger partial charge in [0.2, 0.25) is 0 Å². The molecule has 4 nitrogen and oxygen atoms in total. The molecule has 3 heterocycles. The van der Waals surface area contributed by atoms with E-state index in [9.17, 15) is 4.79 Å². The number of benzene rings is 2. The third-order valence-electron chi connectivity index (χ3n) is 5.46. The van der Waals surface area contributed by atoms with E-state index >= 15 is 0 Å². The number of hydrogen-bond acceptors (Lipinski definition) is 3. The van der Waals surface area contributed by atoms with Gasteiger partial charge in [0, 0.05) is 23.1 Å². The van der Waals surface area contributed by atoms with Crippen molar-refractivity contribution in [3.63, 3.8) is 0 Å². The van der Waals surface area contributed by atoms with Crippen molar-refractivity contribution >= 4 is 28.1 Å². The van der Waals surface area contributed by atoms with E-state index in [1.54, 1.807) is 7.11 Å². The first-order valence-corrected chi connectivity index (χ1v) is 10.2. The van der Waals surface area contributed by atoms with E-state index in [1.807, 2.05) is 40.6 Å². The minimum absolute atomic E-state index is 0.0834. The highest BCUT2D eigenvalue weighted by Gasteiger charge is 2.35. The Morgan fingerprint density at radius 1 is 1.11 bits per heavy atom. The fourth-order valence-corrected chi connectivity index (χ4v) is 4.81. The van der Waals surface area contributed by atoms with Gasteiger partial charge in [-0.3, -0.25) is 4.79 Å². The van der Waals surface area contributed by atoms with Crippen LogP contribution in [0.1, 0.15) is 32.5 Å². The summed E-state index contributed by atoms with van der Waals surface area (Å²) in [5.74, 6) is 0.896. The van der Waals surface area contributed by atoms with Crippen molar-refractivity contribution in [2.45, 2.75) is 12.5 Å². The van der Waals surface area contributed by atoms with E-state index in [-0.39, 0.29) is 11.9 Å². The van der Waals surface area contributed by atoms with Crippen LogP contribution >= 0.6 is 11.3 Å². The van der Waals surface area contributed by atoms with Crippen molar-refractivity contribution in [2.75, 3.05) is 13.7 Å². The lowest BCUT2D eigenvalue weighted by atomic mass is 9.92. The Bertz CT molecular complexity index is 1130. The summed E-state index contributed by atoms with van der Waals surface area (Å²) in [7, 11) is 1.66. The summed E-state index contributed by atoms with van der Waals surface area (Å²) < 4.78 is 5.32. The van der Waals surface area contributed by atoms with Gasteiger partial charge in [-0.25, -0.2) is 0 Å². The molecule has 28 heavy (non-hydrogen) atoms. The number of carbonyl (C=O) groups excluding carboxylic acids is 1. The largest absolute Gasteiger partial charge is 0.497 e. The number of methoxy groups -OCH3 is 1. The average molecular weight is 388 g/mol. The number of nitrogens with one attached hydrogen (secondary N) is 1. The standard InChI is InChI=1S/C23H20N2O2S/c1-27-16-10-8-15(9-11-16)22-21-18(17-5-2-3-6-19(17)24-21)12-13-25(22)23(26)20-7-4-14-28-20/h2-11,14,22,24H,12-13H2,1H3/t22-/m0/s1. The number of amides is 1. The van der Waals surface area contributed by atoms with Gasteiger partial charge < -0.3 is 14.6 Å². The minimum atomic E-state index is -0.142. The number of aromatic nitrogens is 1. The second kappa shape index (κ2) is 6.84. The van der Waals surface area contributed by atoms with Crippen LogP contribution in [0.5, 0.6) is 5.75 Å². The minimum Gasteiger partial charge on any atom is -0.497 e. The second-order valence-electron chi connectivity index (χ2n) is 6.96. The zero-order valence-corrected chi connectivity index (χ0v) is 16.3. The highest BCUT2D eigenvalue weighted by molar-refractivity contribution is 7.12. The van der Waals surface area contributed by atoms with E-state index in [0.717, 1.165) is 33.8 Å². The van der Waals surface area contributed by atoms with Gasteiger partial charge in [0.25, 0.3) is 5.91 Å². The smallest absolute Gasteiger partial charge is 0.264 e. The Morgan fingerprint density at radius 2 is 1.93 bits per heavy atom. The van der Waals surface area contributed by atoms with Gasteiger partial charge in [-0.05, 0) is 47.2 Å². The Labute approximate surface area is 167 Å². The number of thiophene rings is 1. The van der Waals surface area contributed by atoms with Crippen molar-refractivity contribution in [3.8, 4) is 5.75 Å². The maximum Gasteiger partial charge on any atom is 0.264 e. The zero-order chi connectivity index (χ0) is 19.1. The van der Waals surface area contributed by atoms with Gasteiger partial charge in [0.15, 0.2) is 0 Å². The lowest BCUT2D eigenvalue weighted by Gasteiger charge is -2.36. The first-order chi connectivity index (χ1) is 13.8. The van der Waals surface area contributed by atoms with Crippen molar-refractivity contribution in [1.82, 2.24) is 9.88 Å². The maximum atomic E-state index is 13.3. The summed E-state index contributed by atoms with van der Waals surface area (Å²) in [6.07, 6.45) is 0.850. The molecule has 4 aromatic rings. The van der Waals surface area contributed by atoms with E-state index in [1.165, 1.54) is 22.3 Å². The summed E-state index contributed by atoms with van der Waals surface area (Å²) in [4.78, 5) is 19.7. The molecule has 0 fully saturated rings. The van der Waals surface area contributed by atoms with Crippen molar-refractivity contribution < 1.29 is 9.53 Å². The van der Waals surface area contributed by atoms with Gasteiger partial charge in [-0.1, -0.05) is 36.4 Å². The number of H-pyrrole nitrogens is 1. The van der Waals surface area contributed by atoms with Gasteiger partial charge in [-0.15, -0.1) is 11.3 Å². The third-order valence-corrected chi connectivity index (χ3v) is 6.32. The monoisotopic (exact) mass is 388 g/mol. The molecule has 5 rings (SSSR count). The van der Waals surface area contributed by atoms with E-state index in [2.05, 4.69) is 35.3 Å². The Kier molecular flexibility index (Phi) is 4.17. The topological polar surface area (TPSA) is 45.3 Å². The van der Waals surface area contributed by atoms with Crippen molar-refractivity contribution in [1.29, 1.82) is 0 Å². The number of hydrogen-bond donors (Lipinski definition) is 1. The molecule has 1 amide bonds. The molecule has 0 spiro atoms. The molecular weight excluding hydrogens is 368 g/mol. The number of para-hydroxylation sites is 1. The second-order valence-corrected chi connectivity index (χ2v) is 7.91. The average Bonchev–Trinajstić information content (AvgIpc) is 3.40. The van der Waals surface area contributed by atoms with Crippen LogP contribution in [0.25, 0.3) is 10.9 Å². The Hall–Kier alpha value is -3.05. The lowest BCUT2D eigenvalue weighted by Crippen LogP contribution is -2.40. The summed E-state index contributed by atoms with van der Waals surface area (Å²) in [6, 6.07) is 20.1. The SMILES string of the molecule is COc1ccc([C@H]2c3[nH]c4ccccc4c3CCN2C(=O)c2cccs2)cc1. The highest BCUT2D eigenvalue weighted by Crippen LogP contribution is 2.39. The first-order valence-electron chi connectivity index (χ1n) is 9.34. The van der Waals surface area contributed by atoms with Crippen LogP contribution < -0.4 is 4.74 Å². The number of fused-ring (bicyclic) bond motifs is 3. The van der Waals surface area contributed by atoms with Crippen LogP contribution in [0.15, 0.2) is 66.0 Å². The van der Waals surface area contributed by atoms with Crippen LogP contribution in [-0.2, 0) is 6.42 Å². The molecule has 1 aliphatic heterocycles. The number of aromatic amines is 1. The molecule has 140 valence electrons. The van der Waals surface area contributed by atoms with Crippen LogP contribution in [0.2, 0.25) is 0 Å². The predicted molar refractivity (Wildman–Crippen MR) is 112 cm³/mol. The third kappa shape index (κ3) is 2.70. The predicted octanol–water partition coefficient (Wildman–Crippen LogP) is 5.03. The summed E-state index contributed by atoms with van der Waals surface area (Å²) in [5, 5.41) is 3.20. The molecule has 1 atom stereocenters. The van der Waals surface area contributed by atoms with E-state index in [4.69, 9.17) is 4.74 Å². The zero-order valence-electron chi connectivity index (χ0n) is 15.5. The summed E-state index contributed by atoms with van der Waals surface area (Å²) >= 11 is 1.49. The van der Waals surface area contributed by atoms with Crippen LogP contribution in [0.3, 0.4) is 0 Å². The molecule has 0 saturated carbocycles. The molecular formula is C23H20N2O2S. The van der Waals surface area contributed by atoms with E-state index < -0.39 is 0 Å². The van der Waals surface area contributed by atoms with Gasteiger partial charge >= 0.3 is 0 Å². The lowest BCUT2D eigenvalue weighted by molar-refractivity contribution is 0.0697. The van der Waals surface area contributed by atoms with Gasteiger partial charge in [-0.2, -0.15) is 0 Å². The molecule has 0 radical (unpaired) electrons. The number of rotatable bonds is 3.